The third kappa shape index (κ3) is 6.50. The molecular weight excluding hydrogens is 869 g/mol. The number of thiophene rings is 3. The maximum absolute atomic E-state index is 5.60. The molecule has 4 aromatic heterocycles. The van der Waals surface area contributed by atoms with Crippen molar-refractivity contribution in [1.82, 2.24) is 9.97 Å². The lowest BCUT2D eigenvalue weighted by atomic mass is 9.85. The van der Waals surface area contributed by atoms with Gasteiger partial charge in [-0.2, -0.15) is 0 Å². The van der Waals surface area contributed by atoms with Crippen LogP contribution in [0.1, 0.15) is 0 Å². The van der Waals surface area contributed by atoms with Crippen LogP contribution < -0.4 is 0 Å². The van der Waals surface area contributed by atoms with Gasteiger partial charge in [-0.1, -0.05) is 140 Å². The lowest BCUT2D eigenvalue weighted by Crippen LogP contribution is -1.99. The molecule has 67 heavy (non-hydrogen) atoms. The van der Waals surface area contributed by atoms with Gasteiger partial charge in [0.1, 0.15) is 0 Å². The van der Waals surface area contributed by atoms with Gasteiger partial charge >= 0.3 is 0 Å². The summed E-state index contributed by atoms with van der Waals surface area (Å²) in [6, 6.07) is 80.1. The summed E-state index contributed by atoms with van der Waals surface area (Å²) in [6.07, 6.45) is 0. The number of aromatic nitrogens is 2. The molecule has 312 valence electrons. The smallest absolute Gasteiger partial charge is 0.160 e. The van der Waals surface area contributed by atoms with Crippen molar-refractivity contribution < 1.29 is 0 Å². The number of rotatable bonds is 6. The van der Waals surface area contributed by atoms with Crippen LogP contribution >= 0.6 is 34.0 Å². The molecule has 0 aliphatic carbocycles. The highest BCUT2D eigenvalue weighted by atomic mass is 32.1. The monoisotopic (exact) mass is 904 g/mol. The molecule has 14 rings (SSSR count). The molecule has 10 aromatic carbocycles. The lowest BCUT2D eigenvalue weighted by Gasteiger charge is -2.20. The van der Waals surface area contributed by atoms with Crippen LogP contribution in [0, 0.1) is 0 Å². The second-order valence-electron chi connectivity index (χ2n) is 17.3. The summed E-state index contributed by atoms with van der Waals surface area (Å²) in [7, 11) is 0. The van der Waals surface area contributed by atoms with Gasteiger partial charge < -0.3 is 0 Å². The van der Waals surface area contributed by atoms with Gasteiger partial charge in [0, 0.05) is 77.2 Å². The standard InChI is InChI=1S/C62H36N2S3/c1-2-13-38(14-3-1)62-63-53(43-23-22-37-12-4-5-15-39(37)30-43)36-54(64-62)61-48(41-25-28-59-51(32-41)46-17-7-10-20-56(46)66-59)34-44(40-24-27-58-50(31-40)45-16-6-9-19-55(45)65-58)35-49(61)42-26-29-60-52(33-42)47-18-8-11-21-57(47)67-60/h1-36H. The number of hydrogen-bond acceptors (Lipinski definition) is 5. The van der Waals surface area contributed by atoms with E-state index in [9.17, 15) is 0 Å². The third-order valence-corrected chi connectivity index (χ3v) is 16.7. The van der Waals surface area contributed by atoms with Crippen LogP contribution in [0.4, 0.5) is 0 Å². The fourth-order valence-corrected chi connectivity index (χ4v) is 13.3. The topological polar surface area (TPSA) is 25.8 Å². The molecule has 0 aliphatic heterocycles. The van der Waals surface area contributed by atoms with Gasteiger partial charge in [-0.05, 0) is 123 Å². The first kappa shape index (κ1) is 38.5. The van der Waals surface area contributed by atoms with Crippen molar-refractivity contribution >= 4 is 105 Å². The Balaban J connectivity index is 1.11. The van der Waals surface area contributed by atoms with Gasteiger partial charge in [0.15, 0.2) is 5.82 Å². The van der Waals surface area contributed by atoms with E-state index in [4.69, 9.17) is 9.97 Å². The molecule has 2 nitrogen and oxygen atoms in total. The molecule has 0 amide bonds. The summed E-state index contributed by atoms with van der Waals surface area (Å²) >= 11 is 5.56. The largest absolute Gasteiger partial charge is 0.228 e. The molecule has 0 N–H and O–H groups in total. The fraction of sp³-hybridized carbons (Fsp3) is 0. The van der Waals surface area contributed by atoms with Crippen LogP contribution in [-0.2, 0) is 0 Å². The molecule has 0 spiro atoms. The fourth-order valence-electron chi connectivity index (χ4n) is 10.0. The molecule has 0 fully saturated rings. The van der Waals surface area contributed by atoms with E-state index < -0.39 is 0 Å². The molecule has 0 bridgehead atoms. The Morgan fingerprint density at radius 1 is 0.254 bits per heavy atom. The zero-order valence-electron chi connectivity index (χ0n) is 35.9. The summed E-state index contributed by atoms with van der Waals surface area (Å²) in [5, 5.41) is 10.0. The first-order valence-corrected chi connectivity index (χ1v) is 25.0. The van der Waals surface area contributed by atoms with E-state index >= 15 is 0 Å². The van der Waals surface area contributed by atoms with Gasteiger partial charge in [0.2, 0.25) is 0 Å². The van der Waals surface area contributed by atoms with Gasteiger partial charge in [-0.3, -0.25) is 0 Å². The quantitative estimate of drug-likeness (QED) is 0.166. The summed E-state index contributed by atoms with van der Waals surface area (Å²) < 4.78 is 7.74. The Morgan fingerprint density at radius 3 is 1.28 bits per heavy atom. The molecule has 0 atom stereocenters. The van der Waals surface area contributed by atoms with Crippen molar-refractivity contribution in [2.75, 3.05) is 0 Å². The highest BCUT2D eigenvalue weighted by Crippen LogP contribution is 2.48. The molecular formula is C62H36N2S3. The van der Waals surface area contributed by atoms with Crippen molar-refractivity contribution in [3.63, 3.8) is 0 Å². The van der Waals surface area contributed by atoms with Crippen LogP contribution in [0.15, 0.2) is 218 Å². The van der Waals surface area contributed by atoms with E-state index in [1.807, 2.05) is 34.0 Å². The first-order valence-electron chi connectivity index (χ1n) is 22.5. The van der Waals surface area contributed by atoms with Crippen LogP contribution in [0.3, 0.4) is 0 Å². The number of hydrogen-bond donors (Lipinski definition) is 0. The van der Waals surface area contributed by atoms with Gasteiger partial charge in [0.05, 0.1) is 11.4 Å². The molecule has 4 heterocycles. The molecule has 0 saturated carbocycles. The molecule has 0 aliphatic rings. The molecule has 14 aromatic rings. The summed E-state index contributed by atoms with van der Waals surface area (Å²) in [5.74, 6) is 0.690. The Morgan fingerprint density at radius 2 is 0.701 bits per heavy atom. The maximum atomic E-state index is 5.60. The average molecular weight is 905 g/mol. The minimum Gasteiger partial charge on any atom is -0.228 e. The summed E-state index contributed by atoms with van der Waals surface area (Å²) in [6.45, 7) is 0. The van der Waals surface area contributed by atoms with Crippen molar-refractivity contribution in [3.05, 3.63) is 218 Å². The van der Waals surface area contributed by atoms with Crippen LogP contribution in [0.25, 0.3) is 139 Å². The number of nitrogens with zero attached hydrogens (tertiary/aromatic N) is 2. The minimum absolute atomic E-state index is 0.690. The van der Waals surface area contributed by atoms with Gasteiger partial charge in [0.25, 0.3) is 0 Å². The van der Waals surface area contributed by atoms with Crippen LogP contribution in [0.5, 0.6) is 0 Å². The van der Waals surface area contributed by atoms with Crippen molar-refractivity contribution in [2.24, 2.45) is 0 Å². The van der Waals surface area contributed by atoms with Gasteiger partial charge in [-0.25, -0.2) is 9.97 Å². The lowest BCUT2D eigenvalue weighted by molar-refractivity contribution is 1.18. The van der Waals surface area contributed by atoms with Crippen LogP contribution in [-0.4, -0.2) is 9.97 Å². The SMILES string of the molecule is c1ccc(-c2nc(-c3ccc4ccccc4c3)cc(-c3c(-c4ccc5sc6ccccc6c5c4)cc(-c4ccc5sc6ccccc6c5c4)cc3-c3ccc4sc5ccccc5c4c3)n2)cc1. The van der Waals surface area contributed by atoms with Crippen LogP contribution in [0.2, 0.25) is 0 Å². The highest BCUT2D eigenvalue weighted by Gasteiger charge is 2.23. The second kappa shape index (κ2) is 15.4. The molecule has 0 unspecified atom stereocenters. The first-order chi connectivity index (χ1) is 33.1. The Kier molecular flexibility index (Phi) is 8.84. The average Bonchev–Trinajstić information content (AvgIpc) is 4.09. The predicted octanol–water partition coefficient (Wildman–Crippen LogP) is 18.7. The van der Waals surface area contributed by atoms with E-state index in [0.717, 1.165) is 55.9 Å². The van der Waals surface area contributed by atoms with E-state index in [2.05, 4.69) is 218 Å². The number of benzene rings is 10. The molecule has 0 saturated heterocycles. The normalized spacial score (nSPS) is 11.9. The predicted molar refractivity (Wildman–Crippen MR) is 291 cm³/mol. The van der Waals surface area contributed by atoms with E-state index in [1.165, 1.54) is 76.9 Å². The summed E-state index contributed by atoms with van der Waals surface area (Å²) in [4.78, 5) is 11.0. The Labute approximate surface area is 398 Å². The maximum Gasteiger partial charge on any atom is 0.160 e. The van der Waals surface area contributed by atoms with E-state index in [-0.39, 0.29) is 0 Å². The van der Waals surface area contributed by atoms with Crippen molar-refractivity contribution in [3.8, 4) is 67.3 Å². The second-order valence-corrected chi connectivity index (χ2v) is 20.5. The van der Waals surface area contributed by atoms with E-state index in [0.29, 0.717) is 5.82 Å². The Bertz CT molecular complexity index is 4150. The third-order valence-electron chi connectivity index (χ3n) is 13.3. The highest BCUT2D eigenvalue weighted by molar-refractivity contribution is 7.26. The molecule has 0 radical (unpaired) electrons. The number of fused-ring (bicyclic) bond motifs is 10. The zero-order valence-corrected chi connectivity index (χ0v) is 38.4. The zero-order chi connectivity index (χ0) is 44.0. The summed E-state index contributed by atoms with van der Waals surface area (Å²) in [5.41, 5.74) is 11.7. The van der Waals surface area contributed by atoms with Crippen molar-refractivity contribution in [2.45, 2.75) is 0 Å². The minimum atomic E-state index is 0.690. The molecule has 5 heteroatoms. The van der Waals surface area contributed by atoms with Crippen molar-refractivity contribution in [1.29, 1.82) is 0 Å². The van der Waals surface area contributed by atoms with E-state index in [1.54, 1.807) is 0 Å². The Hall–Kier alpha value is -7.80. The van der Waals surface area contributed by atoms with Gasteiger partial charge in [-0.15, -0.1) is 34.0 Å².